The van der Waals surface area contributed by atoms with Crippen LogP contribution in [0.4, 0.5) is 11.6 Å². The molecular formula is C26H31N7O4S. The van der Waals surface area contributed by atoms with Gasteiger partial charge in [0.05, 0.1) is 22.0 Å². The molecule has 0 saturated carbocycles. The van der Waals surface area contributed by atoms with Crippen LogP contribution in [-0.2, 0) is 27.4 Å². The molecule has 0 spiro atoms. The van der Waals surface area contributed by atoms with Crippen LogP contribution in [0.15, 0.2) is 74.9 Å². The lowest BCUT2D eigenvalue weighted by molar-refractivity contribution is 0.190. The first-order valence-corrected chi connectivity index (χ1v) is 13.9. The molecule has 12 heteroatoms. The van der Waals surface area contributed by atoms with E-state index in [1.54, 1.807) is 36.5 Å². The fourth-order valence-electron chi connectivity index (χ4n) is 4.88. The molecule has 11 nitrogen and oxygen atoms in total. The van der Waals surface area contributed by atoms with Crippen LogP contribution in [0, 0.1) is 0 Å². The first-order chi connectivity index (χ1) is 18.1. The topological polar surface area (TPSA) is 139 Å². The van der Waals surface area contributed by atoms with E-state index in [1.807, 2.05) is 28.9 Å². The number of benzene rings is 1. The quantitative estimate of drug-likeness (QED) is 0.366. The number of rotatable bonds is 7. The maximum atomic E-state index is 13.2. The zero-order valence-electron chi connectivity index (χ0n) is 21.6. The van der Waals surface area contributed by atoms with Crippen molar-refractivity contribution in [2.45, 2.75) is 55.9 Å². The summed E-state index contributed by atoms with van der Waals surface area (Å²) >= 11 is 0. The van der Waals surface area contributed by atoms with Crippen LogP contribution < -0.4 is 11.1 Å². The second kappa shape index (κ2) is 9.84. The second-order valence-electron chi connectivity index (χ2n) is 10.5. The number of H-pyrrole nitrogens is 1. The van der Waals surface area contributed by atoms with Gasteiger partial charge in [-0.2, -0.15) is 9.40 Å². The number of aromatic nitrogens is 5. The summed E-state index contributed by atoms with van der Waals surface area (Å²) in [6, 6.07) is 16.0. The zero-order chi connectivity index (χ0) is 27.0. The predicted molar refractivity (Wildman–Crippen MR) is 142 cm³/mol. The summed E-state index contributed by atoms with van der Waals surface area (Å²) in [5.41, 5.74) is -0.137. The molecule has 2 N–H and O–H groups in total. The number of hydrogen-bond donors (Lipinski definition) is 2. The summed E-state index contributed by atoms with van der Waals surface area (Å²) < 4.78 is 35.2. The molecule has 0 amide bonds. The minimum Gasteiger partial charge on any atom is -0.392 e. The van der Waals surface area contributed by atoms with E-state index >= 15 is 0 Å². The van der Waals surface area contributed by atoms with Gasteiger partial charge in [-0.15, -0.1) is 5.10 Å². The molecule has 1 aliphatic rings. The summed E-state index contributed by atoms with van der Waals surface area (Å²) in [6.45, 7) is 6.73. The summed E-state index contributed by atoms with van der Waals surface area (Å²) in [4.78, 5) is 16.9. The van der Waals surface area contributed by atoms with E-state index in [0.29, 0.717) is 25.1 Å². The Labute approximate surface area is 221 Å². The number of anilines is 2. The van der Waals surface area contributed by atoms with Crippen LogP contribution in [0.3, 0.4) is 0 Å². The molecule has 0 unspecified atom stereocenters. The highest BCUT2D eigenvalue weighted by molar-refractivity contribution is 7.89. The van der Waals surface area contributed by atoms with Gasteiger partial charge in [-0.1, -0.05) is 24.3 Å². The Morgan fingerprint density at radius 3 is 2.45 bits per heavy atom. The molecule has 1 aliphatic heterocycles. The molecule has 3 aromatic heterocycles. The average molecular weight is 538 g/mol. The Morgan fingerprint density at radius 1 is 1.05 bits per heavy atom. The third-order valence-electron chi connectivity index (χ3n) is 6.81. The van der Waals surface area contributed by atoms with E-state index in [-0.39, 0.29) is 29.4 Å². The van der Waals surface area contributed by atoms with Gasteiger partial charge in [0, 0.05) is 31.3 Å². The van der Waals surface area contributed by atoms with Crippen molar-refractivity contribution >= 4 is 21.7 Å². The van der Waals surface area contributed by atoms with Gasteiger partial charge in [-0.05, 0) is 57.9 Å². The fourth-order valence-corrected chi connectivity index (χ4v) is 6.34. The van der Waals surface area contributed by atoms with Crippen LogP contribution in [0.1, 0.15) is 45.2 Å². The summed E-state index contributed by atoms with van der Waals surface area (Å²) in [5, 5.41) is 14.3. The Hall–Kier alpha value is -3.77. The van der Waals surface area contributed by atoms with Crippen molar-refractivity contribution in [2.24, 2.45) is 0 Å². The lowest BCUT2D eigenvalue weighted by Gasteiger charge is -2.38. The molecule has 0 bridgehead atoms. The number of nitrogens with one attached hydrogen (secondary N) is 2. The van der Waals surface area contributed by atoms with Crippen LogP contribution in [-0.4, -0.2) is 50.8 Å². The molecule has 5 rings (SSSR count). The molecular weight excluding hydrogens is 506 g/mol. The summed E-state index contributed by atoms with van der Waals surface area (Å²) in [6.07, 6.45) is 3.00. The highest BCUT2D eigenvalue weighted by atomic mass is 32.2. The molecule has 4 heterocycles. The van der Waals surface area contributed by atoms with E-state index in [4.69, 9.17) is 9.40 Å². The molecule has 1 fully saturated rings. The van der Waals surface area contributed by atoms with Gasteiger partial charge in [0.25, 0.3) is 0 Å². The SMILES string of the molecule is CC(C)(C)n1nccc1Nc1cccc(CC2(c3n[nH]c(=O)o3)CCN(S(=O)(=O)c3ccccc3)CC2)n1. The highest BCUT2D eigenvalue weighted by Crippen LogP contribution is 2.38. The van der Waals surface area contributed by atoms with Crippen LogP contribution in [0.5, 0.6) is 0 Å². The Morgan fingerprint density at radius 2 is 1.79 bits per heavy atom. The number of nitrogens with zero attached hydrogens (tertiary/aromatic N) is 5. The average Bonchev–Trinajstić information content (AvgIpc) is 3.54. The van der Waals surface area contributed by atoms with E-state index in [1.165, 1.54) is 4.31 Å². The third-order valence-corrected chi connectivity index (χ3v) is 8.73. The number of pyridine rings is 1. The van der Waals surface area contributed by atoms with E-state index < -0.39 is 21.2 Å². The normalized spacial score (nSPS) is 16.4. The van der Waals surface area contributed by atoms with Crippen LogP contribution in [0.25, 0.3) is 0 Å². The van der Waals surface area contributed by atoms with Gasteiger partial charge >= 0.3 is 5.76 Å². The van der Waals surface area contributed by atoms with Crippen molar-refractivity contribution in [1.29, 1.82) is 0 Å². The molecule has 38 heavy (non-hydrogen) atoms. The standard InChI is InChI=1S/C26H31N7O4S/c1-25(2,3)33-22(12-15-27-33)29-21-11-7-8-19(28-21)18-26(23-30-31-24(34)37-23)13-16-32(17-14-26)38(35,36)20-9-5-4-6-10-20/h4-12,15H,13-14,16-18H2,1-3H3,(H,28,29)(H,31,34). The van der Waals surface area contributed by atoms with Gasteiger partial charge in [-0.25, -0.2) is 28.0 Å². The molecule has 0 atom stereocenters. The Bertz CT molecular complexity index is 1560. The van der Waals surface area contributed by atoms with Crippen molar-refractivity contribution in [2.75, 3.05) is 18.4 Å². The third kappa shape index (κ3) is 5.14. The molecule has 0 radical (unpaired) electrons. The molecule has 1 aromatic carbocycles. The summed E-state index contributed by atoms with van der Waals surface area (Å²) in [7, 11) is -3.64. The maximum Gasteiger partial charge on any atom is 0.434 e. The zero-order valence-corrected chi connectivity index (χ0v) is 22.4. The van der Waals surface area contributed by atoms with E-state index in [9.17, 15) is 13.2 Å². The molecule has 0 aliphatic carbocycles. The van der Waals surface area contributed by atoms with Crippen molar-refractivity contribution in [1.82, 2.24) is 29.3 Å². The number of sulfonamides is 1. The minimum absolute atomic E-state index is 0.209. The van der Waals surface area contributed by atoms with Gasteiger partial charge in [0.1, 0.15) is 11.6 Å². The van der Waals surface area contributed by atoms with Gasteiger partial charge in [0.15, 0.2) is 0 Å². The van der Waals surface area contributed by atoms with Crippen molar-refractivity contribution in [3.05, 3.63) is 82.9 Å². The molecule has 1 saturated heterocycles. The number of aromatic amines is 1. The van der Waals surface area contributed by atoms with Gasteiger partial charge in [0.2, 0.25) is 15.9 Å². The fraction of sp³-hybridized carbons (Fsp3) is 0.385. The largest absolute Gasteiger partial charge is 0.434 e. The second-order valence-corrected chi connectivity index (χ2v) is 12.5. The first-order valence-electron chi connectivity index (χ1n) is 12.5. The van der Waals surface area contributed by atoms with E-state index in [0.717, 1.165) is 11.5 Å². The highest BCUT2D eigenvalue weighted by Gasteiger charge is 2.44. The Balaban J connectivity index is 1.40. The van der Waals surface area contributed by atoms with Gasteiger partial charge in [-0.3, -0.25) is 0 Å². The smallest absolute Gasteiger partial charge is 0.392 e. The number of hydrogen-bond acceptors (Lipinski definition) is 8. The Kier molecular flexibility index (Phi) is 6.70. The van der Waals surface area contributed by atoms with Gasteiger partial charge < -0.3 is 9.73 Å². The molecule has 200 valence electrons. The van der Waals surface area contributed by atoms with Crippen LogP contribution >= 0.6 is 0 Å². The minimum atomic E-state index is -3.64. The lowest BCUT2D eigenvalue weighted by Crippen LogP contribution is -2.46. The van der Waals surface area contributed by atoms with Crippen molar-refractivity contribution in [3.63, 3.8) is 0 Å². The van der Waals surface area contributed by atoms with Crippen LogP contribution in [0.2, 0.25) is 0 Å². The maximum absolute atomic E-state index is 13.2. The monoisotopic (exact) mass is 537 g/mol. The van der Waals surface area contributed by atoms with Crippen molar-refractivity contribution in [3.8, 4) is 0 Å². The summed E-state index contributed by atoms with van der Waals surface area (Å²) in [5.74, 6) is 1.09. The van der Waals surface area contributed by atoms with E-state index in [2.05, 4.69) is 41.4 Å². The number of piperidine rings is 1. The predicted octanol–water partition coefficient (Wildman–Crippen LogP) is 3.42. The lowest BCUT2D eigenvalue weighted by atomic mass is 9.75. The molecule has 4 aromatic rings. The van der Waals surface area contributed by atoms with Crippen molar-refractivity contribution < 1.29 is 12.8 Å². The first kappa shape index (κ1) is 25.9.